The van der Waals surface area contributed by atoms with E-state index in [1.807, 2.05) is 68.4 Å². The molecule has 2 aromatic rings. The predicted octanol–water partition coefficient (Wildman–Crippen LogP) is 4.45. The maximum absolute atomic E-state index is 12.7. The molecule has 130 valence electrons. The summed E-state index contributed by atoms with van der Waals surface area (Å²) < 4.78 is 0. The first-order valence-electron chi connectivity index (χ1n) is 7.39. The Morgan fingerprint density at radius 3 is 2.33 bits per heavy atom. The number of nitrogens with one attached hydrogen (secondary N) is 1. The van der Waals surface area contributed by atoms with Gasteiger partial charge in [-0.25, -0.2) is 0 Å². The summed E-state index contributed by atoms with van der Waals surface area (Å²) >= 11 is 7.68. The molecule has 3 nitrogen and oxygen atoms in total. The van der Waals surface area contributed by atoms with E-state index in [0.29, 0.717) is 11.6 Å². The Balaban J connectivity index is 0.00000288. The SMILES string of the molecule is CC(C)(N)CNC(=O)C(Sc1ccccc1Cl)c1ccccc1.Cl. The molecule has 0 bridgehead atoms. The molecule has 1 unspecified atom stereocenters. The molecule has 0 aliphatic heterocycles. The first kappa shape index (κ1) is 20.8. The molecule has 3 N–H and O–H groups in total. The van der Waals surface area contributed by atoms with Crippen molar-refractivity contribution in [3.8, 4) is 0 Å². The lowest BCUT2D eigenvalue weighted by molar-refractivity contribution is -0.120. The van der Waals surface area contributed by atoms with Gasteiger partial charge in [-0.1, -0.05) is 54.1 Å². The third-order valence-corrected chi connectivity index (χ3v) is 4.91. The largest absolute Gasteiger partial charge is 0.353 e. The van der Waals surface area contributed by atoms with Crippen LogP contribution in [0.2, 0.25) is 5.02 Å². The molecule has 0 aromatic heterocycles. The average molecular weight is 385 g/mol. The molecular weight excluding hydrogens is 363 g/mol. The zero-order valence-corrected chi connectivity index (χ0v) is 16.0. The number of carbonyl (C=O) groups excluding carboxylic acids is 1. The van der Waals surface area contributed by atoms with Crippen LogP contribution in [0.1, 0.15) is 24.7 Å². The lowest BCUT2D eigenvalue weighted by Gasteiger charge is -2.22. The van der Waals surface area contributed by atoms with Crippen LogP contribution in [-0.2, 0) is 4.79 Å². The third-order valence-electron chi connectivity index (χ3n) is 3.14. The molecule has 0 aliphatic rings. The van der Waals surface area contributed by atoms with E-state index in [1.54, 1.807) is 0 Å². The molecule has 0 radical (unpaired) electrons. The first-order chi connectivity index (χ1) is 10.9. The predicted molar refractivity (Wildman–Crippen MR) is 105 cm³/mol. The zero-order chi connectivity index (χ0) is 16.9. The second-order valence-electron chi connectivity index (χ2n) is 6.05. The smallest absolute Gasteiger partial charge is 0.238 e. The van der Waals surface area contributed by atoms with E-state index in [4.69, 9.17) is 17.3 Å². The van der Waals surface area contributed by atoms with Crippen molar-refractivity contribution in [3.63, 3.8) is 0 Å². The molecule has 0 heterocycles. The topological polar surface area (TPSA) is 55.1 Å². The number of hydrogen-bond acceptors (Lipinski definition) is 3. The second kappa shape index (κ2) is 9.33. The molecular formula is C18H22Cl2N2OS. The molecule has 1 atom stereocenters. The molecule has 0 saturated carbocycles. The highest BCUT2D eigenvalue weighted by atomic mass is 35.5. The summed E-state index contributed by atoms with van der Waals surface area (Å²) in [5.74, 6) is -0.0698. The summed E-state index contributed by atoms with van der Waals surface area (Å²) in [6.45, 7) is 4.18. The molecule has 0 aliphatic carbocycles. The Labute approximate surface area is 158 Å². The van der Waals surface area contributed by atoms with Crippen molar-refractivity contribution in [3.05, 3.63) is 65.2 Å². The van der Waals surface area contributed by atoms with Gasteiger partial charge in [0.05, 0.1) is 5.02 Å². The molecule has 2 rings (SSSR count). The maximum Gasteiger partial charge on any atom is 0.238 e. The van der Waals surface area contributed by atoms with Crippen molar-refractivity contribution in [1.82, 2.24) is 5.32 Å². The number of thioether (sulfide) groups is 1. The van der Waals surface area contributed by atoms with Crippen LogP contribution in [0, 0.1) is 0 Å². The van der Waals surface area contributed by atoms with Gasteiger partial charge in [0.15, 0.2) is 0 Å². The molecule has 6 heteroatoms. The van der Waals surface area contributed by atoms with Gasteiger partial charge in [-0.3, -0.25) is 4.79 Å². The first-order valence-corrected chi connectivity index (χ1v) is 8.65. The fourth-order valence-corrected chi connectivity index (χ4v) is 3.32. The Morgan fingerprint density at radius 1 is 1.17 bits per heavy atom. The highest BCUT2D eigenvalue weighted by molar-refractivity contribution is 8.00. The van der Waals surface area contributed by atoms with Gasteiger partial charge in [-0.05, 0) is 31.5 Å². The molecule has 1 amide bonds. The van der Waals surface area contributed by atoms with Gasteiger partial charge in [-0.2, -0.15) is 0 Å². The second-order valence-corrected chi connectivity index (χ2v) is 7.60. The number of benzene rings is 2. The van der Waals surface area contributed by atoms with Gasteiger partial charge in [0.25, 0.3) is 0 Å². The standard InChI is InChI=1S/C18H21ClN2OS.ClH/c1-18(2,20)12-21-17(22)16(13-8-4-3-5-9-13)23-15-11-7-6-10-14(15)19;/h3-11,16H,12,20H2,1-2H3,(H,21,22);1H. The summed E-state index contributed by atoms with van der Waals surface area (Å²) in [5, 5.41) is 3.20. The van der Waals surface area contributed by atoms with E-state index in [0.717, 1.165) is 10.5 Å². The van der Waals surface area contributed by atoms with Gasteiger partial charge in [-0.15, -0.1) is 24.2 Å². The van der Waals surface area contributed by atoms with Crippen LogP contribution >= 0.6 is 35.8 Å². The van der Waals surface area contributed by atoms with E-state index in [-0.39, 0.29) is 23.6 Å². The fourth-order valence-electron chi connectivity index (χ4n) is 1.98. The molecule has 2 aromatic carbocycles. The number of amides is 1. The molecule has 24 heavy (non-hydrogen) atoms. The summed E-state index contributed by atoms with van der Waals surface area (Å²) in [6.07, 6.45) is 0. The minimum Gasteiger partial charge on any atom is -0.353 e. The van der Waals surface area contributed by atoms with Crippen LogP contribution in [0.3, 0.4) is 0 Å². The van der Waals surface area contributed by atoms with Crippen molar-refractivity contribution < 1.29 is 4.79 Å². The Bertz CT molecular complexity index is 660. The average Bonchev–Trinajstić information content (AvgIpc) is 2.52. The van der Waals surface area contributed by atoms with Gasteiger partial charge < -0.3 is 11.1 Å². The van der Waals surface area contributed by atoms with Gasteiger partial charge >= 0.3 is 0 Å². The number of carbonyl (C=O) groups is 1. The fraction of sp³-hybridized carbons (Fsp3) is 0.278. The molecule has 0 fully saturated rings. The van der Waals surface area contributed by atoms with Gasteiger partial charge in [0.1, 0.15) is 5.25 Å². The quantitative estimate of drug-likeness (QED) is 0.723. The van der Waals surface area contributed by atoms with E-state index in [2.05, 4.69) is 5.32 Å². The Morgan fingerprint density at radius 2 is 1.75 bits per heavy atom. The number of nitrogens with two attached hydrogens (primary N) is 1. The molecule has 0 spiro atoms. The van der Waals surface area contributed by atoms with E-state index in [1.165, 1.54) is 11.8 Å². The Hall–Kier alpha value is -1.20. The van der Waals surface area contributed by atoms with Crippen LogP contribution in [0.5, 0.6) is 0 Å². The number of hydrogen-bond donors (Lipinski definition) is 2. The highest BCUT2D eigenvalue weighted by Gasteiger charge is 2.24. The lowest BCUT2D eigenvalue weighted by Crippen LogP contribution is -2.46. The van der Waals surface area contributed by atoms with Crippen LogP contribution in [0.15, 0.2) is 59.5 Å². The number of rotatable bonds is 6. The van der Waals surface area contributed by atoms with E-state index in [9.17, 15) is 4.79 Å². The summed E-state index contributed by atoms with van der Waals surface area (Å²) in [6, 6.07) is 17.2. The minimum absolute atomic E-state index is 0. The number of halogens is 2. The van der Waals surface area contributed by atoms with Crippen molar-refractivity contribution >= 4 is 41.7 Å². The maximum atomic E-state index is 12.7. The summed E-state index contributed by atoms with van der Waals surface area (Å²) in [5.41, 5.74) is 6.44. The monoisotopic (exact) mass is 384 g/mol. The van der Waals surface area contributed by atoms with Crippen LogP contribution in [0.4, 0.5) is 0 Å². The van der Waals surface area contributed by atoms with Gasteiger partial charge in [0.2, 0.25) is 5.91 Å². The van der Waals surface area contributed by atoms with Crippen LogP contribution in [0.25, 0.3) is 0 Å². The summed E-state index contributed by atoms with van der Waals surface area (Å²) in [4.78, 5) is 13.6. The minimum atomic E-state index is -0.452. The zero-order valence-electron chi connectivity index (χ0n) is 13.7. The van der Waals surface area contributed by atoms with Gasteiger partial charge in [0, 0.05) is 17.0 Å². The molecule has 0 saturated heterocycles. The lowest BCUT2D eigenvalue weighted by atomic mass is 10.1. The summed E-state index contributed by atoms with van der Waals surface area (Å²) in [7, 11) is 0. The van der Waals surface area contributed by atoms with Crippen molar-refractivity contribution in [2.75, 3.05) is 6.54 Å². The Kier molecular flexibility index (Phi) is 8.10. The normalized spacial score (nSPS) is 12.2. The third kappa shape index (κ3) is 6.36. The van der Waals surface area contributed by atoms with Crippen LogP contribution in [-0.4, -0.2) is 18.0 Å². The highest BCUT2D eigenvalue weighted by Crippen LogP contribution is 2.38. The van der Waals surface area contributed by atoms with Crippen molar-refractivity contribution in [2.45, 2.75) is 29.5 Å². The van der Waals surface area contributed by atoms with E-state index < -0.39 is 5.54 Å². The van der Waals surface area contributed by atoms with E-state index >= 15 is 0 Å². The van der Waals surface area contributed by atoms with Crippen molar-refractivity contribution in [2.24, 2.45) is 5.73 Å². The van der Waals surface area contributed by atoms with Crippen LogP contribution < -0.4 is 11.1 Å². The van der Waals surface area contributed by atoms with Crippen molar-refractivity contribution in [1.29, 1.82) is 0 Å².